The van der Waals surface area contributed by atoms with E-state index in [0.29, 0.717) is 5.92 Å². The molecule has 4 atom stereocenters. The molecule has 0 aliphatic heterocycles. The normalized spacial score (nSPS) is 51.7. The first kappa shape index (κ1) is 6.38. The van der Waals surface area contributed by atoms with Crippen LogP contribution >= 0.6 is 0 Å². The third-order valence-corrected chi connectivity index (χ3v) is 3.37. The van der Waals surface area contributed by atoms with Crippen molar-refractivity contribution in [2.75, 3.05) is 0 Å². The van der Waals surface area contributed by atoms with Gasteiger partial charge in [0.05, 0.1) is 0 Å². The summed E-state index contributed by atoms with van der Waals surface area (Å²) in [6.45, 7) is 2.29. The summed E-state index contributed by atoms with van der Waals surface area (Å²) in [7, 11) is 0. The first-order valence-corrected chi connectivity index (χ1v) is 4.26. The topological polar surface area (TPSA) is 17.1 Å². The van der Waals surface area contributed by atoms with E-state index in [4.69, 9.17) is 0 Å². The zero-order valence-electron chi connectivity index (χ0n) is 6.42. The van der Waals surface area contributed by atoms with Crippen LogP contribution in [-0.2, 0) is 4.79 Å². The van der Waals surface area contributed by atoms with Gasteiger partial charge in [0.1, 0.15) is 6.29 Å². The summed E-state index contributed by atoms with van der Waals surface area (Å²) >= 11 is 0. The molecule has 0 aromatic carbocycles. The number of carbonyl (C=O) groups is 1. The number of aldehydes is 1. The Balaban J connectivity index is 2.12. The van der Waals surface area contributed by atoms with Crippen molar-refractivity contribution in [2.24, 2.45) is 23.7 Å². The average molecular weight is 138 g/mol. The molecule has 1 heteroatoms. The van der Waals surface area contributed by atoms with E-state index in [9.17, 15) is 4.79 Å². The van der Waals surface area contributed by atoms with E-state index in [-0.39, 0.29) is 0 Å². The summed E-state index contributed by atoms with van der Waals surface area (Å²) in [6, 6.07) is 0. The molecule has 0 saturated heterocycles. The van der Waals surface area contributed by atoms with Gasteiger partial charge < -0.3 is 4.79 Å². The molecule has 0 aromatic heterocycles. The van der Waals surface area contributed by atoms with Crippen LogP contribution in [0.4, 0.5) is 0 Å². The van der Waals surface area contributed by atoms with Crippen molar-refractivity contribution >= 4 is 6.29 Å². The number of fused-ring (bicyclic) bond motifs is 2. The average Bonchev–Trinajstić information content (AvgIpc) is 2.44. The van der Waals surface area contributed by atoms with Crippen LogP contribution < -0.4 is 0 Å². The van der Waals surface area contributed by atoms with Gasteiger partial charge in [-0.1, -0.05) is 6.92 Å². The Morgan fingerprint density at radius 3 is 2.50 bits per heavy atom. The van der Waals surface area contributed by atoms with Crippen LogP contribution in [0.2, 0.25) is 0 Å². The maximum absolute atomic E-state index is 10.5. The summed E-state index contributed by atoms with van der Waals surface area (Å²) in [5, 5.41) is 0. The van der Waals surface area contributed by atoms with E-state index in [1.165, 1.54) is 25.5 Å². The second-order valence-electron chi connectivity index (χ2n) is 4.01. The van der Waals surface area contributed by atoms with Crippen molar-refractivity contribution in [3.63, 3.8) is 0 Å². The molecule has 2 bridgehead atoms. The molecule has 10 heavy (non-hydrogen) atoms. The summed E-state index contributed by atoms with van der Waals surface area (Å²) < 4.78 is 0. The Kier molecular flexibility index (Phi) is 1.33. The maximum atomic E-state index is 10.5. The lowest BCUT2D eigenvalue weighted by atomic mass is 9.83. The Hall–Kier alpha value is -0.330. The summed E-state index contributed by atoms with van der Waals surface area (Å²) in [6.07, 6.45) is 5.10. The number of hydrogen-bond acceptors (Lipinski definition) is 1. The first-order chi connectivity index (χ1) is 4.81. The fraction of sp³-hybridized carbons (Fsp3) is 0.889. The quantitative estimate of drug-likeness (QED) is 0.505. The third kappa shape index (κ3) is 0.727. The predicted molar refractivity (Wildman–Crippen MR) is 39.5 cm³/mol. The second kappa shape index (κ2) is 2.08. The third-order valence-electron chi connectivity index (χ3n) is 3.37. The van der Waals surface area contributed by atoms with E-state index < -0.39 is 0 Å². The van der Waals surface area contributed by atoms with Crippen LogP contribution in [0, 0.1) is 23.7 Å². The van der Waals surface area contributed by atoms with Gasteiger partial charge in [0.15, 0.2) is 0 Å². The molecule has 2 aliphatic carbocycles. The zero-order chi connectivity index (χ0) is 7.14. The van der Waals surface area contributed by atoms with Crippen molar-refractivity contribution in [2.45, 2.75) is 26.2 Å². The molecule has 0 amide bonds. The molecule has 56 valence electrons. The molecule has 0 radical (unpaired) electrons. The first-order valence-electron chi connectivity index (χ1n) is 4.26. The Morgan fingerprint density at radius 2 is 2.10 bits per heavy atom. The van der Waals surface area contributed by atoms with Crippen molar-refractivity contribution < 1.29 is 4.79 Å². The van der Waals surface area contributed by atoms with Crippen LogP contribution in [0.15, 0.2) is 0 Å². The lowest BCUT2D eigenvalue weighted by Crippen LogP contribution is -2.18. The van der Waals surface area contributed by atoms with Crippen LogP contribution in [0.1, 0.15) is 26.2 Å². The molecule has 4 unspecified atom stereocenters. The molecule has 0 heterocycles. The lowest BCUT2D eigenvalue weighted by molar-refractivity contribution is -0.112. The van der Waals surface area contributed by atoms with Gasteiger partial charge in [-0.3, -0.25) is 0 Å². The van der Waals surface area contributed by atoms with Crippen LogP contribution in [0.25, 0.3) is 0 Å². The number of rotatable bonds is 1. The molecule has 0 spiro atoms. The molecule has 1 nitrogen and oxygen atoms in total. The Bertz CT molecular complexity index is 153. The van der Waals surface area contributed by atoms with E-state index in [0.717, 1.165) is 17.8 Å². The van der Waals surface area contributed by atoms with Gasteiger partial charge in [0.2, 0.25) is 0 Å². The van der Waals surface area contributed by atoms with E-state index >= 15 is 0 Å². The largest absolute Gasteiger partial charge is 0.303 e. The van der Waals surface area contributed by atoms with Crippen molar-refractivity contribution in [1.29, 1.82) is 0 Å². The SMILES string of the molecule is CC1CC2CC(C=O)C1C2. The van der Waals surface area contributed by atoms with Gasteiger partial charge in [-0.2, -0.15) is 0 Å². The highest BCUT2D eigenvalue weighted by Crippen LogP contribution is 2.50. The zero-order valence-corrected chi connectivity index (χ0v) is 6.42. The number of hydrogen-bond donors (Lipinski definition) is 0. The van der Waals surface area contributed by atoms with Crippen LogP contribution in [0.3, 0.4) is 0 Å². The molecule has 0 N–H and O–H groups in total. The molecular formula is C9H14O. The van der Waals surface area contributed by atoms with Crippen molar-refractivity contribution in [3.8, 4) is 0 Å². The van der Waals surface area contributed by atoms with Gasteiger partial charge in [0.25, 0.3) is 0 Å². The molecule has 2 saturated carbocycles. The highest BCUT2D eigenvalue weighted by molar-refractivity contribution is 5.55. The van der Waals surface area contributed by atoms with Gasteiger partial charge in [0, 0.05) is 5.92 Å². The minimum atomic E-state index is 0.425. The highest BCUT2D eigenvalue weighted by Gasteiger charge is 2.43. The summed E-state index contributed by atoms with van der Waals surface area (Å²) in [4.78, 5) is 10.5. The van der Waals surface area contributed by atoms with Crippen LogP contribution in [-0.4, -0.2) is 6.29 Å². The number of carbonyl (C=O) groups excluding carboxylic acids is 1. The lowest BCUT2D eigenvalue weighted by Gasteiger charge is -2.21. The van der Waals surface area contributed by atoms with Gasteiger partial charge >= 0.3 is 0 Å². The van der Waals surface area contributed by atoms with Crippen LogP contribution in [0.5, 0.6) is 0 Å². The molecule has 2 fully saturated rings. The fourth-order valence-corrected chi connectivity index (χ4v) is 2.92. The second-order valence-corrected chi connectivity index (χ2v) is 4.01. The minimum Gasteiger partial charge on any atom is -0.303 e. The highest BCUT2D eigenvalue weighted by atomic mass is 16.1. The fourth-order valence-electron chi connectivity index (χ4n) is 2.92. The van der Waals surface area contributed by atoms with E-state index in [1.54, 1.807) is 0 Å². The Labute approximate surface area is 61.8 Å². The van der Waals surface area contributed by atoms with Gasteiger partial charge in [-0.25, -0.2) is 0 Å². The minimum absolute atomic E-state index is 0.425. The van der Waals surface area contributed by atoms with Gasteiger partial charge in [-0.15, -0.1) is 0 Å². The summed E-state index contributed by atoms with van der Waals surface area (Å²) in [5.74, 6) is 2.90. The molecule has 2 aliphatic rings. The monoisotopic (exact) mass is 138 g/mol. The van der Waals surface area contributed by atoms with E-state index in [1.807, 2.05) is 0 Å². The van der Waals surface area contributed by atoms with Crippen molar-refractivity contribution in [1.82, 2.24) is 0 Å². The maximum Gasteiger partial charge on any atom is 0.123 e. The van der Waals surface area contributed by atoms with E-state index in [2.05, 4.69) is 6.92 Å². The molecular weight excluding hydrogens is 124 g/mol. The smallest absolute Gasteiger partial charge is 0.123 e. The van der Waals surface area contributed by atoms with Gasteiger partial charge in [-0.05, 0) is 37.0 Å². The summed E-state index contributed by atoms with van der Waals surface area (Å²) in [5.41, 5.74) is 0. The molecule has 2 rings (SSSR count). The standard InChI is InChI=1S/C9H14O/c1-6-2-7-3-8(5-10)9(6)4-7/h5-9H,2-4H2,1H3. The molecule has 0 aromatic rings. The predicted octanol–water partition coefficient (Wildman–Crippen LogP) is 1.87. The van der Waals surface area contributed by atoms with Crippen molar-refractivity contribution in [3.05, 3.63) is 0 Å². The Morgan fingerprint density at radius 1 is 1.30 bits per heavy atom.